The normalized spacial score (nSPS) is 14.9. The fraction of sp³-hybridized carbons (Fsp3) is 0.312. The molecule has 0 fully saturated rings. The second kappa shape index (κ2) is 5.92. The van der Waals surface area contributed by atoms with E-state index in [2.05, 4.69) is 28.6 Å². The summed E-state index contributed by atoms with van der Waals surface area (Å²) in [5.74, 6) is 0.883. The Bertz CT molecular complexity index is 598. The van der Waals surface area contributed by atoms with Gasteiger partial charge in [-0.05, 0) is 42.3 Å². The number of ether oxygens (including phenoxy) is 1. The summed E-state index contributed by atoms with van der Waals surface area (Å²) in [5.41, 5.74) is 3.65. The molecule has 2 aromatic rings. The molecule has 0 radical (unpaired) electrons. The molecule has 104 valence electrons. The molecule has 0 spiro atoms. The zero-order chi connectivity index (χ0) is 13.8. The van der Waals surface area contributed by atoms with Gasteiger partial charge in [-0.2, -0.15) is 5.10 Å². The summed E-state index contributed by atoms with van der Waals surface area (Å²) in [6.45, 7) is 2.53. The number of aryl methyl sites for hydroxylation is 1. The van der Waals surface area contributed by atoms with Crippen LogP contribution in [0.15, 0.2) is 42.6 Å². The van der Waals surface area contributed by atoms with Gasteiger partial charge in [0.2, 0.25) is 0 Å². The van der Waals surface area contributed by atoms with Crippen LogP contribution in [0.2, 0.25) is 0 Å². The minimum atomic E-state index is 0.507. The van der Waals surface area contributed by atoms with Crippen LogP contribution < -0.4 is 10.1 Å². The Morgan fingerprint density at radius 1 is 1.25 bits per heavy atom. The van der Waals surface area contributed by atoms with Crippen LogP contribution in [0.4, 0.5) is 0 Å². The van der Waals surface area contributed by atoms with Crippen molar-refractivity contribution in [2.75, 3.05) is 13.1 Å². The third-order valence-electron chi connectivity index (χ3n) is 3.44. The number of hydrogen-bond acceptors (Lipinski definition) is 3. The third-order valence-corrected chi connectivity index (χ3v) is 3.44. The molecule has 0 aliphatic carbocycles. The van der Waals surface area contributed by atoms with Gasteiger partial charge in [-0.25, -0.2) is 0 Å². The van der Waals surface area contributed by atoms with Crippen molar-refractivity contribution in [1.29, 1.82) is 0 Å². The van der Waals surface area contributed by atoms with E-state index in [9.17, 15) is 0 Å². The Kier molecular flexibility index (Phi) is 3.83. The Labute approximate surface area is 119 Å². The average Bonchev–Trinajstić information content (AvgIpc) is 2.92. The molecular formula is C16H19N3O. The fourth-order valence-electron chi connectivity index (χ4n) is 2.35. The molecule has 0 saturated heterocycles. The van der Waals surface area contributed by atoms with Gasteiger partial charge in [0.15, 0.2) is 0 Å². The molecule has 1 aromatic carbocycles. The first-order valence-corrected chi connectivity index (χ1v) is 6.93. The predicted molar refractivity (Wildman–Crippen MR) is 79.4 cm³/mol. The van der Waals surface area contributed by atoms with Crippen molar-refractivity contribution in [3.8, 4) is 5.75 Å². The molecule has 0 unspecified atom stereocenters. The lowest BCUT2D eigenvalue weighted by atomic mass is 10.0. The summed E-state index contributed by atoms with van der Waals surface area (Å²) in [7, 11) is 1.91. The van der Waals surface area contributed by atoms with Crippen LogP contribution in [0, 0.1) is 0 Å². The maximum atomic E-state index is 5.74. The van der Waals surface area contributed by atoms with Gasteiger partial charge in [-0.3, -0.25) is 4.68 Å². The van der Waals surface area contributed by atoms with E-state index in [1.165, 1.54) is 11.1 Å². The molecule has 1 aliphatic heterocycles. The molecule has 0 bridgehead atoms. The zero-order valence-electron chi connectivity index (χ0n) is 11.7. The van der Waals surface area contributed by atoms with E-state index in [0.29, 0.717) is 6.61 Å². The van der Waals surface area contributed by atoms with Gasteiger partial charge in [-0.1, -0.05) is 18.2 Å². The van der Waals surface area contributed by atoms with Crippen LogP contribution in [0.25, 0.3) is 5.57 Å². The van der Waals surface area contributed by atoms with E-state index in [1.807, 2.05) is 31.4 Å². The first kappa shape index (κ1) is 12.9. The van der Waals surface area contributed by atoms with Crippen molar-refractivity contribution in [2.24, 2.45) is 7.05 Å². The van der Waals surface area contributed by atoms with Crippen molar-refractivity contribution >= 4 is 5.57 Å². The van der Waals surface area contributed by atoms with Crippen LogP contribution in [0.5, 0.6) is 5.75 Å². The van der Waals surface area contributed by atoms with E-state index >= 15 is 0 Å². The smallest absolute Gasteiger partial charge is 0.132 e. The molecular weight excluding hydrogens is 250 g/mol. The van der Waals surface area contributed by atoms with Gasteiger partial charge in [0.25, 0.3) is 0 Å². The number of rotatable bonds is 4. The summed E-state index contributed by atoms with van der Waals surface area (Å²) >= 11 is 0. The summed E-state index contributed by atoms with van der Waals surface area (Å²) < 4.78 is 7.52. The standard InChI is InChI=1S/C16H19N3O/c1-19-11-8-15(18-19)12-20-16-4-2-13(3-5-16)14-6-9-17-10-7-14/h2-6,8,11,17H,7,9-10,12H2,1H3. The Morgan fingerprint density at radius 2 is 2.10 bits per heavy atom. The summed E-state index contributed by atoms with van der Waals surface area (Å²) in [5, 5.41) is 7.62. The van der Waals surface area contributed by atoms with Crippen molar-refractivity contribution in [3.05, 3.63) is 53.9 Å². The van der Waals surface area contributed by atoms with Crippen molar-refractivity contribution in [2.45, 2.75) is 13.0 Å². The Hall–Kier alpha value is -2.07. The maximum Gasteiger partial charge on any atom is 0.132 e. The van der Waals surface area contributed by atoms with Crippen LogP contribution in [-0.2, 0) is 13.7 Å². The quantitative estimate of drug-likeness (QED) is 0.926. The van der Waals surface area contributed by atoms with Gasteiger partial charge in [0.05, 0.1) is 5.69 Å². The predicted octanol–water partition coefficient (Wildman–Crippen LogP) is 2.38. The van der Waals surface area contributed by atoms with Crippen molar-refractivity contribution in [1.82, 2.24) is 15.1 Å². The molecule has 0 saturated carbocycles. The molecule has 0 atom stereocenters. The monoisotopic (exact) mass is 269 g/mol. The Balaban J connectivity index is 1.62. The van der Waals surface area contributed by atoms with E-state index in [4.69, 9.17) is 4.74 Å². The average molecular weight is 269 g/mol. The molecule has 4 nitrogen and oxygen atoms in total. The number of nitrogens with zero attached hydrogens (tertiary/aromatic N) is 2. The fourth-order valence-corrected chi connectivity index (χ4v) is 2.35. The summed E-state index contributed by atoms with van der Waals surface area (Å²) in [6, 6.07) is 10.3. The minimum absolute atomic E-state index is 0.507. The molecule has 0 amide bonds. The number of benzene rings is 1. The Morgan fingerprint density at radius 3 is 2.75 bits per heavy atom. The van der Waals surface area contributed by atoms with Crippen molar-refractivity contribution < 1.29 is 4.74 Å². The van der Waals surface area contributed by atoms with E-state index < -0.39 is 0 Å². The maximum absolute atomic E-state index is 5.74. The van der Waals surface area contributed by atoms with Crippen LogP contribution in [0.3, 0.4) is 0 Å². The summed E-state index contributed by atoms with van der Waals surface area (Å²) in [4.78, 5) is 0. The van der Waals surface area contributed by atoms with Gasteiger partial charge < -0.3 is 10.1 Å². The van der Waals surface area contributed by atoms with Crippen molar-refractivity contribution in [3.63, 3.8) is 0 Å². The van der Waals surface area contributed by atoms with Gasteiger partial charge in [-0.15, -0.1) is 0 Å². The van der Waals surface area contributed by atoms with E-state index in [1.54, 1.807) is 4.68 Å². The topological polar surface area (TPSA) is 39.1 Å². The van der Waals surface area contributed by atoms with Gasteiger partial charge in [0, 0.05) is 19.8 Å². The lowest BCUT2D eigenvalue weighted by molar-refractivity contribution is 0.300. The zero-order valence-corrected chi connectivity index (χ0v) is 11.7. The first-order chi connectivity index (χ1) is 9.81. The second-order valence-corrected chi connectivity index (χ2v) is 4.98. The first-order valence-electron chi connectivity index (χ1n) is 6.93. The lowest BCUT2D eigenvalue weighted by Gasteiger charge is -2.14. The van der Waals surface area contributed by atoms with Crippen LogP contribution in [0.1, 0.15) is 17.7 Å². The highest BCUT2D eigenvalue weighted by atomic mass is 16.5. The molecule has 4 heteroatoms. The summed E-state index contributed by atoms with van der Waals surface area (Å²) in [6.07, 6.45) is 5.27. The van der Waals surface area contributed by atoms with Gasteiger partial charge in [0.1, 0.15) is 12.4 Å². The SMILES string of the molecule is Cn1ccc(COc2ccc(C3=CCNCC3)cc2)n1. The van der Waals surface area contributed by atoms with Crippen LogP contribution >= 0.6 is 0 Å². The third kappa shape index (κ3) is 3.08. The number of hydrogen-bond donors (Lipinski definition) is 1. The van der Waals surface area contributed by atoms with E-state index in [-0.39, 0.29) is 0 Å². The molecule has 2 heterocycles. The molecule has 3 rings (SSSR count). The molecule has 1 N–H and O–H groups in total. The molecule has 1 aliphatic rings. The minimum Gasteiger partial charge on any atom is -0.487 e. The van der Waals surface area contributed by atoms with Gasteiger partial charge >= 0.3 is 0 Å². The highest BCUT2D eigenvalue weighted by Gasteiger charge is 2.06. The largest absolute Gasteiger partial charge is 0.487 e. The second-order valence-electron chi connectivity index (χ2n) is 4.98. The van der Waals surface area contributed by atoms with Crippen LogP contribution in [-0.4, -0.2) is 22.9 Å². The molecule has 20 heavy (non-hydrogen) atoms. The number of nitrogens with one attached hydrogen (secondary N) is 1. The molecule has 1 aromatic heterocycles. The van der Waals surface area contributed by atoms with E-state index in [0.717, 1.165) is 31.0 Å². The highest BCUT2D eigenvalue weighted by molar-refractivity contribution is 5.67. The lowest BCUT2D eigenvalue weighted by Crippen LogP contribution is -2.19. The highest BCUT2D eigenvalue weighted by Crippen LogP contribution is 2.22. The number of aromatic nitrogens is 2.